The number of carbonyl (C=O) groups is 4. The van der Waals surface area contributed by atoms with Gasteiger partial charge in [-0.05, 0) is 35.8 Å². The van der Waals surface area contributed by atoms with Crippen LogP contribution in [0, 0.1) is 5.82 Å². The number of pyridine rings is 1. The molecule has 3 aliphatic rings. The Morgan fingerprint density at radius 3 is 2.67 bits per heavy atom. The lowest BCUT2D eigenvalue weighted by Gasteiger charge is -2.47. The van der Waals surface area contributed by atoms with Crippen molar-refractivity contribution in [2.75, 3.05) is 17.6 Å². The fourth-order valence-corrected chi connectivity index (χ4v) is 5.95. The number of aromatic hydroxyl groups is 1. The predicted octanol–water partition coefficient (Wildman–Crippen LogP) is 0.697. The van der Waals surface area contributed by atoms with Crippen LogP contribution in [0.25, 0.3) is 0 Å². The average Bonchev–Trinajstić information content (AvgIpc) is 3.24. The molecule has 3 amide bonds. The molecule has 202 valence electrons. The van der Waals surface area contributed by atoms with Crippen LogP contribution in [0.4, 0.5) is 10.1 Å². The number of fused-ring (bicyclic) bond motifs is 1. The molecule has 2 saturated heterocycles. The van der Waals surface area contributed by atoms with Gasteiger partial charge < -0.3 is 26.2 Å². The molecular formula is C26H25FN5O6S+. The summed E-state index contributed by atoms with van der Waals surface area (Å²) in [5.74, 6) is -2.97. The molecule has 0 radical (unpaired) electrons. The van der Waals surface area contributed by atoms with Gasteiger partial charge in [-0.1, -0.05) is 0 Å². The highest BCUT2D eigenvalue weighted by molar-refractivity contribution is 8.00. The van der Waals surface area contributed by atoms with Gasteiger partial charge >= 0.3 is 5.97 Å². The molecule has 0 unspecified atom stereocenters. The highest BCUT2D eigenvalue weighted by Gasteiger charge is 2.51. The Hall–Kier alpha value is -4.23. The molecule has 1 aromatic carbocycles. The summed E-state index contributed by atoms with van der Waals surface area (Å²) < 4.78 is 15.4. The molecule has 0 saturated carbocycles. The molecule has 5 rings (SSSR count). The van der Waals surface area contributed by atoms with Crippen molar-refractivity contribution in [1.82, 2.24) is 9.80 Å². The van der Waals surface area contributed by atoms with Crippen molar-refractivity contribution in [2.24, 2.45) is 5.73 Å². The fourth-order valence-electron chi connectivity index (χ4n) is 4.69. The lowest BCUT2D eigenvalue weighted by atomic mass is 10.0. The van der Waals surface area contributed by atoms with E-state index in [1.165, 1.54) is 28.8 Å². The first-order valence-electron chi connectivity index (χ1n) is 12.1. The fraction of sp³-hybridized carbons (Fsp3) is 0.269. The molecule has 2 fully saturated rings. The van der Waals surface area contributed by atoms with Crippen molar-refractivity contribution in [3.63, 3.8) is 0 Å². The van der Waals surface area contributed by atoms with E-state index in [9.17, 15) is 33.8 Å². The maximum atomic E-state index is 13.8. The average molecular weight is 555 g/mol. The van der Waals surface area contributed by atoms with Gasteiger partial charge in [0.15, 0.2) is 12.4 Å². The van der Waals surface area contributed by atoms with Crippen molar-refractivity contribution in [1.29, 1.82) is 0 Å². The van der Waals surface area contributed by atoms with E-state index in [1.807, 2.05) is 0 Å². The molecular weight excluding hydrogens is 529 g/mol. The summed E-state index contributed by atoms with van der Waals surface area (Å²) in [7, 11) is 0. The summed E-state index contributed by atoms with van der Waals surface area (Å²) in [6, 6.07) is 6.27. The van der Waals surface area contributed by atoms with Crippen LogP contribution in [-0.2, 0) is 32.3 Å². The number of aromatic nitrogens is 1. The zero-order valence-electron chi connectivity index (χ0n) is 20.5. The van der Waals surface area contributed by atoms with Crippen molar-refractivity contribution in [3.05, 3.63) is 77.0 Å². The summed E-state index contributed by atoms with van der Waals surface area (Å²) in [4.78, 5) is 52.2. The van der Waals surface area contributed by atoms with Crippen LogP contribution in [0.2, 0.25) is 0 Å². The quantitative estimate of drug-likeness (QED) is 0.169. The van der Waals surface area contributed by atoms with E-state index in [-0.39, 0.29) is 29.6 Å². The predicted molar refractivity (Wildman–Crippen MR) is 137 cm³/mol. The van der Waals surface area contributed by atoms with Crippen molar-refractivity contribution < 1.29 is 38.3 Å². The van der Waals surface area contributed by atoms with E-state index in [1.54, 1.807) is 40.1 Å². The van der Waals surface area contributed by atoms with Gasteiger partial charge in [0.05, 0.1) is 5.69 Å². The Labute approximate surface area is 226 Å². The third-order valence-corrected chi connectivity index (χ3v) is 8.01. The third-order valence-electron chi connectivity index (χ3n) is 6.69. The first-order chi connectivity index (χ1) is 18.6. The number of likely N-dealkylation sites (tertiary alicyclic amines) is 1. The standard InChI is InChI=1S/C26H24FN5O6S/c27-18-10-17(33)1-2-19(18)29-20(34)12-30-6-3-14(4-7-30)11-31-8-5-15(23(31)35)9-16-13-39-25-21(28)24(36)32(25)22(16)26(37)38/h1-4,6-7,9-10,21,25H,5,8,11-13,28H2,(H2-,29,33,34,37,38)/p+1/t21-,25-/m1/s1. The van der Waals surface area contributed by atoms with E-state index < -0.39 is 35.0 Å². The maximum Gasteiger partial charge on any atom is 0.352 e. The van der Waals surface area contributed by atoms with Crippen LogP contribution in [0.5, 0.6) is 5.75 Å². The first-order valence-corrected chi connectivity index (χ1v) is 13.1. The topological polar surface area (TPSA) is 157 Å². The molecule has 13 heteroatoms. The lowest BCUT2D eigenvalue weighted by molar-refractivity contribution is -0.684. The Morgan fingerprint density at radius 1 is 1.23 bits per heavy atom. The van der Waals surface area contributed by atoms with Gasteiger partial charge in [-0.25, -0.2) is 9.18 Å². The molecule has 5 N–H and O–H groups in total. The number of hydrogen-bond donors (Lipinski definition) is 4. The largest absolute Gasteiger partial charge is 0.508 e. The molecule has 2 atom stereocenters. The number of halogens is 1. The van der Waals surface area contributed by atoms with Gasteiger partial charge in [-0.3, -0.25) is 19.3 Å². The molecule has 2 aromatic rings. The molecule has 39 heavy (non-hydrogen) atoms. The zero-order valence-corrected chi connectivity index (χ0v) is 21.4. The van der Waals surface area contributed by atoms with Crippen LogP contribution in [-0.4, -0.2) is 67.4 Å². The van der Waals surface area contributed by atoms with Crippen LogP contribution in [0.15, 0.2) is 65.6 Å². The minimum absolute atomic E-state index is 0.0376. The Kier molecular flexibility index (Phi) is 7.10. The number of carbonyl (C=O) groups excluding carboxylic acids is 3. The van der Waals surface area contributed by atoms with Crippen LogP contribution >= 0.6 is 11.8 Å². The second-order valence-corrected chi connectivity index (χ2v) is 10.5. The van der Waals surface area contributed by atoms with E-state index in [4.69, 9.17) is 5.73 Å². The molecule has 4 heterocycles. The lowest BCUT2D eigenvalue weighted by Crippen LogP contribution is -2.68. The van der Waals surface area contributed by atoms with Crippen LogP contribution in [0.1, 0.15) is 12.0 Å². The monoisotopic (exact) mass is 554 g/mol. The summed E-state index contributed by atoms with van der Waals surface area (Å²) in [6.07, 6.45) is 5.37. The molecule has 0 spiro atoms. The number of nitrogens with two attached hydrogens (primary N) is 1. The second-order valence-electron chi connectivity index (χ2n) is 9.35. The summed E-state index contributed by atoms with van der Waals surface area (Å²) in [6.45, 7) is 0.711. The number of carboxylic acid groups (broad SMARTS) is 1. The van der Waals surface area contributed by atoms with Crippen molar-refractivity contribution in [2.45, 2.75) is 30.9 Å². The number of phenols is 1. The van der Waals surface area contributed by atoms with E-state index >= 15 is 0 Å². The highest BCUT2D eigenvalue weighted by Crippen LogP contribution is 2.40. The Bertz CT molecular complexity index is 1440. The summed E-state index contributed by atoms with van der Waals surface area (Å²) >= 11 is 1.38. The number of anilines is 1. The first kappa shape index (κ1) is 26.4. The van der Waals surface area contributed by atoms with Gasteiger partial charge in [0, 0.05) is 42.6 Å². The zero-order chi connectivity index (χ0) is 27.8. The van der Waals surface area contributed by atoms with E-state index in [0.29, 0.717) is 36.4 Å². The minimum atomic E-state index is -1.23. The molecule has 0 bridgehead atoms. The van der Waals surface area contributed by atoms with E-state index in [2.05, 4.69) is 5.32 Å². The van der Waals surface area contributed by atoms with Gasteiger partial charge in [0.1, 0.15) is 28.7 Å². The number of allylic oxidation sites excluding steroid dienone is 1. The van der Waals surface area contributed by atoms with Crippen molar-refractivity contribution >= 4 is 41.1 Å². The highest BCUT2D eigenvalue weighted by atomic mass is 32.2. The molecule has 0 aliphatic carbocycles. The summed E-state index contributed by atoms with van der Waals surface area (Å²) in [5.41, 5.74) is 7.35. The SMILES string of the molecule is N[C@@H]1C(=O)N2C(C(=O)O)=C(C=C3CCN(Cc4cc[n+](CC(=O)Nc5ccc(O)cc5F)cc4)C3=O)CS[C@H]12. The van der Waals surface area contributed by atoms with Gasteiger partial charge in [0.2, 0.25) is 18.4 Å². The van der Waals surface area contributed by atoms with Gasteiger partial charge in [-0.15, -0.1) is 11.8 Å². The van der Waals surface area contributed by atoms with Crippen LogP contribution in [0.3, 0.4) is 0 Å². The number of rotatable bonds is 7. The molecule has 1 aromatic heterocycles. The summed E-state index contributed by atoms with van der Waals surface area (Å²) in [5, 5.41) is 21.0. The maximum absolute atomic E-state index is 13.8. The minimum Gasteiger partial charge on any atom is -0.508 e. The second kappa shape index (κ2) is 10.5. The third kappa shape index (κ3) is 5.22. The van der Waals surface area contributed by atoms with Gasteiger partial charge in [-0.2, -0.15) is 4.57 Å². The number of carboxylic acids is 1. The number of nitrogens with zero attached hydrogens (tertiary/aromatic N) is 3. The van der Waals surface area contributed by atoms with Gasteiger partial charge in [0.25, 0.3) is 5.91 Å². The molecule has 11 nitrogen and oxygen atoms in total. The number of nitrogens with one attached hydrogen (secondary N) is 1. The number of hydrogen-bond acceptors (Lipinski definition) is 7. The van der Waals surface area contributed by atoms with Crippen LogP contribution < -0.4 is 15.6 Å². The number of β-lactam (4-membered cyclic amide) rings is 1. The number of benzene rings is 1. The number of amides is 3. The van der Waals surface area contributed by atoms with E-state index in [0.717, 1.165) is 11.6 Å². The number of phenolic OH excluding ortho intramolecular Hbond substituents is 1. The smallest absolute Gasteiger partial charge is 0.352 e. The molecule has 3 aliphatic heterocycles. The van der Waals surface area contributed by atoms with Crippen molar-refractivity contribution in [3.8, 4) is 5.75 Å². The normalized spacial score (nSPS) is 21.7. The number of thioether (sulfide) groups is 1. The Balaban J connectivity index is 1.21. The number of aliphatic carboxylic acids is 1. The Morgan fingerprint density at radius 2 is 1.97 bits per heavy atom.